The molecule has 2 aliphatic carbocycles. The maximum absolute atomic E-state index is 4.83. The molecule has 2 fully saturated rings. The van der Waals surface area contributed by atoms with Gasteiger partial charge in [-0.25, -0.2) is 0 Å². The van der Waals surface area contributed by atoms with E-state index in [0.717, 1.165) is 25.0 Å². The van der Waals surface area contributed by atoms with Gasteiger partial charge in [0.25, 0.3) is 0 Å². The number of aliphatic imine (C=N–C) groups is 1. The van der Waals surface area contributed by atoms with Crippen LogP contribution in [-0.4, -0.2) is 25.1 Å². The number of hydrogen-bond acceptors (Lipinski definition) is 1. The van der Waals surface area contributed by atoms with Gasteiger partial charge in [-0.05, 0) is 56.8 Å². The third-order valence-corrected chi connectivity index (χ3v) is 4.60. The summed E-state index contributed by atoms with van der Waals surface area (Å²) in [6.07, 6.45) is 5.70. The molecule has 2 aliphatic rings. The van der Waals surface area contributed by atoms with Crippen molar-refractivity contribution in [3.63, 3.8) is 0 Å². The van der Waals surface area contributed by atoms with E-state index in [1.807, 2.05) is 0 Å². The normalized spacial score (nSPS) is 23.9. The Balaban J connectivity index is 1.87. The smallest absolute Gasteiger partial charge is 0.191 e. The standard InChI is InChI=1S/C15H29N3/c1-5-16-14(18-12(4)11(2)3)17-10-15(8-9-15)13-6-7-13/h11-13H,5-10H2,1-4H3,(H2,16,17,18). The molecule has 0 amide bonds. The predicted octanol–water partition coefficient (Wildman–Crippen LogP) is 2.78. The van der Waals surface area contributed by atoms with Gasteiger partial charge in [-0.1, -0.05) is 13.8 Å². The lowest BCUT2D eigenvalue weighted by atomic mass is 10.0. The van der Waals surface area contributed by atoms with Gasteiger partial charge in [-0.2, -0.15) is 0 Å². The SMILES string of the molecule is CCNC(=NCC1(C2CC2)CC1)NC(C)C(C)C. The fourth-order valence-corrected chi connectivity index (χ4v) is 2.49. The van der Waals surface area contributed by atoms with E-state index in [4.69, 9.17) is 4.99 Å². The Morgan fingerprint density at radius 3 is 2.39 bits per heavy atom. The second-order valence-electron chi connectivity index (χ2n) is 6.51. The van der Waals surface area contributed by atoms with Gasteiger partial charge >= 0.3 is 0 Å². The van der Waals surface area contributed by atoms with Gasteiger partial charge in [0, 0.05) is 19.1 Å². The summed E-state index contributed by atoms with van der Waals surface area (Å²) in [4.78, 5) is 4.83. The highest BCUT2D eigenvalue weighted by atomic mass is 15.2. The number of nitrogens with zero attached hydrogens (tertiary/aromatic N) is 1. The fourth-order valence-electron chi connectivity index (χ4n) is 2.49. The Kier molecular flexibility index (Phi) is 4.18. The molecule has 0 saturated heterocycles. The molecule has 0 aromatic carbocycles. The minimum Gasteiger partial charge on any atom is -0.357 e. The minimum absolute atomic E-state index is 0.471. The first-order valence-corrected chi connectivity index (χ1v) is 7.62. The Labute approximate surface area is 112 Å². The summed E-state index contributed by atoms with van der Waals surface area (Å²) in [5, 5.41) is 6.88. The van der Waals surface area contributed by atoms with E-state index in [2.05, 4.69) is 38.3 Å². The summed E-state index contributed by atoms with van der Waals surface area (Å²) in [7, 11) is 0. The highest BCUT2D eigenvalue weighted by Gasteiger charge is 2.53. The summed E-state index contributed by atoms with van der Waals surface area (Å²) >= 11 is 0. The van der Waals surface area contributed by atoms with Crippen molar-refractivity contribution in [2.45, 2.75) is 59.4 Å². The Hall–Kier alpha value is -0.730. The van der Waals surface area contributed by atoms with Crippen LogP contribution in [-0.2, 0) is 0 Å². The summed E-state index contributed by atoms with van der Waals surface area (Å²) in [5.41, 5.74) is 0.601. The van der Waals surface area contributed by atoms with Crippen LogP contribution in [0, 0.1) is 17.3 Å². The van der Waals surface area contributed by atoms with Crippen LogP contribution >= 0.6 is 0 Å². The maximum atomic E-state index is 4.83. The fraction of sp³-hybridized carbons (Fsp3) is 0.933. The maximum Gasteiger partial charge on any atom is 0.191 e. The van der Waals surface area contributed by atoms with E-state index in [9.17, 15) is 0 Å². The van der Waals surface area contributed by atoms with E-state index >= 15 is 0 Å². The van der Waals surface area contributed by atoms with Crippen LogP contribution in [0.15, 0.2) is 4.99 Å². The molecule has 3 nitrogen and oxygen atoms in total. The van der Waals surface area contributed by atoms with Gasteiger partial charge < -0.3 is 10.6 Å². The number of rotatable bonds is 6. The van der Waals surface area contributed by atoms with Crippen molar-refractivity contribution in [3.8, 4) is 0 Å². The summed E-state index contributed by atoms with van der Waals surface area (Å²) in [6.45, 7) is 10.8. The van der Waals surface area contributed by atoms with Crippen LogP contribution < -0.4 is 10.6 Å². The van der Waals surface area contributed by atoms with Crippen LogP contribution in [0.1, 0.15) is 53.4 Å². The number of hydrogen-bond donors (Lipinski definition) is 2. The van der Waals surface area contributed by atoms with Crippen molar-refractivity contribution in [3.05, 3.63) is 0 Å². The average Bonchev–Trinajstić information content (AvgIpc) is 3.16. The van der Waals surface area contributed by atoms with Crippen molar-refractivity contribution >= 4 is 5.96 Å². The van der Waals surface area contributed by atoms with E-state index < -0.39 is 0 Å². The highest BCUT2D eigenvalue weighted by molar-refractivity contribution is 5.80. The van der Waals surface area contributed by atoms with Crippen molar-refractivity contribution in [2.24, 2.45) is 22.2 Å². The second-order valence-corrected chi connectivity index (χ2v) is 6.51. The monoisotopic (exact) mass is 251 g/mol. The molecule has 0 bridgehead atoms. The van der Waals surface area contributed by atoms with Crippen LogP contribution in [0.4, 0.5) is 0 Å². The molecule has 2 rings (SSSR count). The van der Waals surface area contributed by atoms with Gasteiger partial charge in [0.1, 0.15) is 0 Å². The molecule has 0 aromatic heterocycles. The molecule has 0 heterocycles. The molecule has 0 aromatic rings. The molecule has 0 radical (unpaired) electrons. The lowest BCUT2D eigenvalue weighted by molar-refractivity contribution is 0.447. The van der Waals surface area contributed by atoms with Crippen molar-refractivity contribution < 1.29 is 0 Å². The first kappa shape index (κ1) is 13.7. The molecule has 18 heavy (non-hydrogen) atoms. The molecule has 1 unspecified atom stereocenters. The molecule has 1 atom stereocenters. The molecular formula is C15H29N3. The third kappa shape index (κ3) is 3.39. The Morgan fingerprint density at radius 1 is 1.28 bits per heavy atom. The van der Waals surface area contributed by atoms with Gasteiger partial charge in [-0.15, -0.1) is 0 Å². The molecule has 3 heteroatoms. The van der Waals surface area contributed by atoms with Gasteiger partial charge in [-0.3, -0.25) is 4.99 Å². The largest absolute Gasteiger partial charge is 0.357 e. The lowest BCUT2D eigenvalue weighted by Gasteiger charge is -2.21. The van der Waals surface area contributed by atoms with E-state index in [-0.39, 0.29) is 0 Å². The van der Waals surface area contributed by atoms with Crippen molar-refractivity contribution in [2.75, 3.05) is 13.1 Å². The number of guanidine groups is 1. The molecule has 104 valence electrons. The summed E-state index contributed by atoms with van der Waals surface area (Å²) in [6, 6.07) is 0.471. The van der Waals surface area contributed by atoms with Gasteiger partial charge in [0.15, 0.2) is 5.96 Å². The van der Waals surface area contributed by atoms with Gasteiger partial charge in [0.2, 0.25) is 0 Å². The van der Waals surface area contributed by atoms with Crippen molar-refractivity contribution in [1.29, 1.82) is 0 Å². The highest BCUT2D eigenvalue weighted by Crippen LogP contribution is 2.61. The average molecular weight is 251 g/mol. The first-order valence-electron chi connectivity index (χ1n) is 7.62. The zero-order valence-corrected chi connectivity index (χ0v) is 12.4. The Morgan fingerprint density at radius 2 is 1.94 bits per heavy atom. The van der Waals surface area contributed by atoms with Crippen LogP contribution in [0.2, 0.25) is 0 Å². The van der Waals surface area contributed by atoms with Crippen molar-refractivity contribution in [1.82, 2.24) is 10.6 Å². The van der Waals surface area contributed by atoms with Gasteiger partial charge in [0.05, 0.1) is 0 Å². The summed E-state index contributed by atoms with van der Waals surface area (Å²) < 4.78 is 0. The summed E-state index contributed by atoms with van der Waals surface area (Å²) in [5.74, 6) is 2.63. The van der Waals surface area contributed by atoms with Crippen LogP contribution in [0.3, 0.4) is 0 Å². The molecular weight excluding hydrogens is 222 g/mol. The molecule has 0 spiro atoms. The van der Waals surface area contributed by atoms with Crippen LogP contribution in [0.25, 0.3) is 0 Å². The zero-order chi connectivity index (χ0) is 13.2. The van der Waals surface area contributed by atoms with E-state index in [1.54, 1.807) is 0 Å². The number of nitrogens with one attached hydrogen (secondary N) is 2. The topological polar surface area (TPSA) is 36.4 Å². The zero-order valence-electron chi connectivity index (χ0n) is 12.4. The van der Waals surface area contributed by atoms with E-state index in [1.165, 1.54) is 25.7 Å². The molecule has 0 aliphatic heterocycles. The Bertz CT molecular complexity index is 301. The predicted molar refractivity (Wildman–Crippen MR) is 77.8 cm³/mol. The quantitative estimate of drug-likeness (QED) is 0.562. The third-order valence-electron chi connectivity index (χ3n) is 4.60. The van der Waals surface area contributed by atoms with Crippen LogP contribution in [0.5, 0.6) is 0 Å². The molecule has 2 N–H and O–H groups in total. The first-order chi connectivity index (χ1) is 8.57. The lowest BCUT2D eigenvalue weighted by Crippen LogP contribution is -2.44. The second kappa shape index (κ2) is 5.50. The molecule has 2 saturated carbocycles. The minimum atomic E-state index is 0.471. The van der Waals surface area contributed by atoms with E-state index in [0.29, 0.717) is 17.4 Å².